The Kier molecular flexibility index (Phi) is 3.61. The van der Waals surface area contributed by atoms with E-state index in [9.17, 15) is 9.69 Å². The monoisotopic (exact) mass is 318 g/mol. The van der Waals surface area contributed by atoms with Crippen molar-refractivity contribution in [1.82, 2.24) is 0 Å². The zero-order chi connectivity index (χ0) is 15.7. The van der Waals surface area contributed by atoms with Crippen molar-refractivity contribution < 1.29 is 23.8 Å². The minimum atomic E-state index is -3.79. The summed E-state index contributed by atoms with van der Waals surface area (Å²) in [5.41, 5.74) is 0. The van der Waals surface area contributed by atoms with Crippen LogP contribution in [-0.4, -0.2) is 22.8 Å². The zero-order valence-corrected chi connectivity index (χ0v) is 12.8. The van der Waals surface area contributed by atoms with E-state index in [2.05, 4.69) is 4.52 Å². The molecule has 5 nitrogen and oxygen atoms in total. The zero-order valence-electron chi connectivity index (χ0n) is 11.8. The third kappa shape index (κ3) is 2.82. The van der Waals surface area contributed by atoms with E-state index in [-0.39, 0.29) is 0 Å². The summed E-state index contributed by atoms with van der Waals surface area (Å²) in [6.07, 6.45) is -1.55. The van der Waals surface area contributed by atoms with Gasteiger partial charge in [-0.2, -0.15) is 0 Å². The Bertz CT molecular complexity index is 859. The number of hydrogen-bond acceptors (Lipinski definition) is 4. The minimum absolute atomic E-state index is 0.404. The molecule has 0 bridgehead atoms. The Morgan fingerprint density at radius 3 is 2.45 bits per heavy atom. The molecule has 0 aliphatic rings. The molecule has 0 spiro atoms. The molecule has 0 radical (unpaired) electrons. The first-order chi connectivity index (χ1) is 10.5. The third-order valence-corrected chi connectivity index (χ3v) is 4.47. The third-order valence-electron chi connectivity index (χ3n) is 3.32. The van der Waals surface area contributed by atoms with E-state index < -0.39 is 14.1 Å². The number of carboxylic acid groups (broad SMARTS) is 1. The van der Waals surface area contributed by atoms with Gasteiger partial charge in [-0.3, -0.25) is 0 Å². The number of carbonyl (C=O) groups is 1. The summed E-state index contributed by atoms with van der Waals surface area (Å²) in [7, 11) is -3.79. The summed E-state index contributed by atoms with van der Waals surface area (Å²) in [6.45, 7) is 1.26. The van der Waals surface area contributed by atoms with Gasteiger partial charge in [0.25, 0.3) is 0 Å². The van der Waals surface area contributed by atoms with E-state index in [0.717, 1.165) is 21.5 Å². The summed E-state index contributed by atoms with van der Waals surface area (Å²) in [6, 6.07) is 17.2. The van der Waals surface area contributed by atoms with Gasteiger partial charge < -0.3 is 0 Å². The van der Waals surface area contributed by atoms with E-state index in [0.29, 0.717) is 5.75 Å². The average Bonchev–Trinajstić information content (AvgIpc) is 2.45. The van der Waals surface area contributed by atoms with Crippen molar-refractivity contribution in [2.24, 2.45) is 0 Å². The van der Waals surface area contributed by atoms with E-state index in [4.69, 9.17) is 9.63 Å². The molecule has 0 saturated heterocycles. The van der Waals surface area contributed by atoms with Gasteiger partial charge in [0.2, 0.25) is 0 Å². The van der Waals surface area contributed by atoms with Crippen LogP contribution >= 0.6 is 7.94 Å². The molecule has 0 aliphatic carbocycles. The fourth-order valence-electron chi connectivity index (χ4n) is 2.49. The van der Waals surface area contributed by atoms with Gasteiger partial charge in [0.1, 0.15) is 0 Å². The van der Waals surface area contributed by atoms with Crippen LogP contribution in [0.4, 0.5) is 4.79 Å². The van der Waals surface area contributed by atoms with E-state index >= 15 is 0 Å². The average molecular weight is 318 g/mol. The van der Waals surface area contributed by atoms with Gasteiger partial charge >= 0.3 is 126 Å². The normalized spacial score (nSPS) is 12.3. The van der Waals surface area contributed by atoms with Crippen LogP contribution in [0.25, 0.3) is 21.5 Å². The first-order valence-electron chi connectivity index (χ1n) is 6.70. The Labute approximate surface area is 127 Å². The maximum atomic E-state index is 10.6. The molecule has 6 heteroatoms. The fraction of sp³-hybridized carbons (Fsp3) is 0.0625. The van der Waals surface area contributed by atoms with Gasteiger partial charge in [0.05, 0.1) is 0 Å². The van der Waals surface area contributed by atoms with Crippen LogP contribution in [0.15, 0.2) is 54.6 Å². The van der Waals surface area contributed by atoms with Crippen molar-refractivity contribution in [2.45, 2.75) is 0 Å². The Balaban J connectivity index is 2.11. The first kappa shape index (κ1) is 14.6. The predicted octanol–water partition coefficient (Wildman–Crippen LogP) is 4.18. The Morgan fingerprint density at radius 2 is 1.68 bits per heavy atom. The van der Waals surface area contributed by atoms with Gasteiger partial charge in [-0.15, -0.1) is 0 Å². The second-order valence-electron chi connectivity index (χ2n) is 5.01. The van der Waals surface area contributed by atoms with Crippen LogP contribution in [0.2, 0.25) is 0 Å². The Hall–Kier alpha value is -2.36. The fourth-order valence-corrected chi connectivity index (χ4v) is 3.44. The topological polar surface area (TPSA) is 76.0 Å². The molecular weight excluding hydrogens is 303 g/mol. The summed E-state index contributed by atoms with van der Waals surface area (Å²) in [4.78, 5) is 20.6. The SMILES string of the molecule is C[PH](O)(OC(=O)O)Oc1cccc2c1ccc1ccccc12. The van der Waals surface area contributed by atoms with Crippen LogP contribution in [0.1, 0.15) is 0 Å². The predicted molar refractivity (Wildman–Crippen MR) is 87.6 cm³/mol. The van der Waals surface area contributed by atoms with Crippen LogP contribution in [0, 0.1) is 0 Å². The Morgan fingerprint density at radius 1 is 0.955 bits per heavy atom. The van der Waals surface area contributed by atoms with Crippen LogP contribution in [0.5, 0.6) is 5.75 Å². The number of rotatable bonds is 3. The van der Waals surface area contributed by atoms with Crippen molar-refractivity contribution in [1.29, 1.82) is 0 Å². The molecule has 3 aromatic rings. The summed E-state index contributed by atoms with van der Waals surface area (Å²) >= 11 is 0. The van der Waals surface area contributed by atoms with Crippen LogP contribution < -0.4 is 4.52 Å². The van der Waals surface area contributed by atoms with Crippen molar-refractivity contribution in [3.8, 4) is 5.75 Å². The molecule has 0 amide bonds. The van der Waals surface area contributed by atoms with E-state index in [1.165, 1.54) is 6.66 Å². The van der Waals surface area contributed by atoms with Crippen molar-refractivity contribution >= 4 is 35.6 Å². The molecule has 0 saturated carbocycles. The van der Waals surface area contributed by atoms with Crippen LogP contribution in [0.3, 0.4) is 0 Å². The van der Waals surface area contributed by atoms with Crippen molar-refractivity contribution in [3.05, 3.63) is 54.6 Å². The molecule has 114 valence electrons. The van der Waals surface area contributed by atoms with Gasteiger partial charge in [-0.1, -0.05) is 0 Å². The summed E-state index contributed by atoms with van der Waals surface area (Å²) < 4.78 is 9.93. The molecular formula is C16H15O5P. The summed E-state index contributed by atoms with van der Waals surface area (Å²) in [5, 5.41) is 12.6. The maximum absolute atomic E-state index is 10.6. The van der Waals surface area contributed by atoms with Crippen LogP contribution in [-0.2, 0) is 4.52 Å². The molecule has 0 fully saturated rings. The summed E-state index contributed by atoms with van der Waals surface area (Å²) in [5.74, 6) is 0.404. The molecule has 0 atom stereocenters. The van der Waals surface area contributed by atoms with E-state index in [1.54, 1.807) is 12.1 Å². The molecule has 0 aromatic heterocycles. The molecule has 3 aromatic carbocycles. The number of hydrogen-bond donors (Lipinski definition) is 2. The van der Waals surface area contributed by atoms with E-state index in [1.807, 2.05) is 42.5 Å². The second kappa shape index (κ2) is 5.44. The van der Waals surface area contributed by atoms with Gasteiger partial charge in [-0.25, -0.2) is 0 Å². The number of benzene rings is 3. The van der Waals surface area contributed by atoms with Gasteiger partial charge in [0.15, 0.2) is 0 Å². The number of fused-ring (bicyclic) bond motifs is 3. The molecule has 2 N–H and O–H groups in total. The van der Waals surface area contributed by atoms with Crippen molar-refractivity contribution in [2.75, 3.05) is 6.66 Å². The quantitative estimate of drug-likeness (QED) is 0.559. The molecule has 0 unspecified atom stereocenters. The van der Waals surface area contributed by atoms with Crippen molar-refractivity contribution in [3.63, 3.8) is 0 Å². The standard InChI is InChI=1S/C16H15O5P/c1-22(19,21-16(17)18)20-15-8-4-7-13-12-6-3-2-5-11(12)9-10-14(13)15/h2-10,19,22H,1H3,(H,17,18). The second-order valence-corrected chi connectivity index (χ2v) is 7.21. The molecule has 22 heavy (non-hydrogen) atoms. The first-order valence-corrected chi connectivity index (χ1v) is 8.96. The molecule has 0 aliphatic heterocycles. The van der Waals surface area contributed by atoms with Gasteiger partial charge in [-0.05, 0) is 0 Å². The van der Waals surface area contributed by atoms with Gasteiger partial charge in [0, 0.05) is 0 Å². The molecule has 0 heterocycles. The molecule has 3 rings (SSSR count).